The van der Waals surface area contributed by atoms with Gasteiger partial charge in [0.05, 0.1) is 10.6 Å². The lowest BCUT2D eigenvalue weighted by atomic mass is 10.3. The Kier molecular flexibility index (Phi) is 4.84. The minimum atomic E-state index is -3.71. The first kappa shape index (κ1) is 15.8. The Labute approximate surface area is 131 Å². The third-order valence-corrected chi connectivity index (χ3v) is 4.76. The van der Waals surface area contributed by atoms with Crippen molar-refractivity contribution in [2.24, 2.45) is 0 Å². The summed E-state index contributed by atoms with van der Waals surface area (Å²) in [5.41, 5.74) is 1.13. The Balaban J connectivity index is 2.25. The molecule has 0 aliphatic carbocycles. The van der Waals surface area contributed by atoms with Crippen LogP contribution in [-0.4, -0.2) is 15.0 Å². The summed E-state index contributed by atoms with van der Waals surface area (Å²) in [6, 6.07) is 10.2. The van der Waals surface area contributed by atoms with Crippen LogP contribution in [0.4, 0.5) is 15.8 Å². The maximum absolute atomic E-state index is 13.0. The summed E-state index contributed by atoms with van der Waals surface area (Å²) >= 11 is 3.13. The molecule has 2 rings (SSSR count). The van der Waals surface area contributed by atoms with Gasteiger partial charge in [0.1, 0.15) is 5.82 Å². The van der Waals surface area contributed by atoms with Crippen molar-refractivity contribution in [3.63, 3.8) is 0 Å². The number of benzene rings is 2. The average molecular weight is 373 g/mol. The molecule has 2 aromatic carbocycles. The van der Waals surface area contributed by atoms with E-state index in [1.807, 2.05) is 6.92 Å². The molecule has 0 heterocycles. The van der Waals surface area contributed by atoms with Gasteiger partial charge in [-0.2, -0.15) is 0 Å². The van der Waals surface area contributed by atoms with Gasteiger partial charge in [-0.15, -0.1) is 0 Å². The maximum Gasteiger partial charge on any atom is 0.261 e. The van der Waals surface area contributed by atoms with E-state index in [0.717, 1.165) is 12.2 Å². The molecule has 0 unspecified atom stereocenters. The molecule has 7 heteroatoms. The molecule has 2 N–H and O–H groups in total. The first-order valence-corrected chi connectivity index (χ1v) is 8.52. The molecule has 0 aliphatic heterocycles. The monoisotopic (exact) mass is 372 g/mol. The smallest absolute Gasteiger partial charge is 0.261 e. The Morgan fingerprint density at radius 3 is 2.38 bits per heavy atom. The van der Waals surface area contributed by atoms with E-state index in [9.17, 15) is 12.8 Å². The Hall–Kier alpha value is -1.60. The molecule has 0 bridgehead atoms. The summed E-state index contributed by atoms with van der Waals surface area (Å²) in [5, 5.41) is 3.09. The highest BCUT2D eigenvalue weighted by Crippen LogP contribution is 2.26. The van der Waals surface area contributed by atoms with Gasteiger partial charge in [0.2, 0.25) is 0 Å². The lowest BCUT2D eigenvalue weighted by molar-refractivity contribution is 0.601. The highest BCUT2D eigenvalue weighted by atomic mass is 79.9. The highest BCUT2D eigenvalue weighted by molar-refractivity contribution is 9.10. The fourth-order valence-electron chi connectivity index (χ4n) is 1.73. The molecule has 21 heavy (non-hydrogen) atoms. The van der Waals surface area contributed by atoms with Crippen molar-refractivity contribution < 1.29 is 12.8 Å². The van der Waals surface area contributed by atoms with Crippen molar-refractivity contribution in [3.05, 3.63) is 52.8 Å². The first-order chi connectivity index (χ1) is 9.92. The number of rotatable bonds is 5. The number of hydrogen-bond acceptors (Lipinski definition) is 3. The maximum atomic E-state index is 13.0. The molecule has 0 fully saturated rings. The van der Waals surface area contributed by atoms with Crippen molar-refractivity contribution in [2.45, 2.75) is 11.8 Å². The number of nitrogens with one attached hydrogen (secondary N) is 2. The molecule has 0 amide bonds. The van der Waals surface area contributed by atoms with Gasteiger partial charge < -0.3 is 5.32 Å². The Morgan fingerprint density at radius 2 is 1.81 bits per heavy atom. The van der Waals surface area contributed by atoms with Crippen molar-refractivity contribution in [1.29, 1.82) is 0 Å². The topological polar surface area (TPSA) is 58.2 Å². The molecule has 112 valence electrons. The summed E-state index contributed by atoms with van der Waals surface area (Å²) in [7, 11) is -3.71. The van der Waals surface area contributed by atoms with Crippen LogP contribution in [0.2, 0.25) is 0 Å². The summed E-state index contributed by atoms with van der Waals surface area (Å²) < 4.78 is 40.3. The Morgan fingerprint density at radius 1 is 1.14 bits per heavy atom. The molecule has 2 aromatic rings. The summed E-state index contributed by atoms with van der Waals surface area (Å²) in [4.78, 5) is 0.139. The van der Waals surface area contributed by atoms with Gasteiger partial charge >= 0.3 is 0 Å². The SMILES string of the molecule is CCNc1ccc(S(=O)(=O)Nc2ccc(F)cc2Br)cc1. The fraction of sp³-hybridized carbons (Fsp3) is 0.143. The van der Waals surface area contributed by atoms with Crippen LogP contribution in [0, 0.1) is 5.82 Å². The summed E-state index contributed by atoms with van der Waals surface area (Å²) in [6.07, 6.45) is 0. The van der Waals surface area contributed by atoms with E-state index in [-0.39, 0.29) is 10.6 Å². The molecule has 0 radical (unpaired) electrons. The van der Waals surface area contributed by atoms with Gasteiger partial charge in [-0.25, -0.2) is 12.8 Å². The predicted molar refractivity (Wildman–Crippen MR) is 85.5 cm³/mol. The average Bonchev–Trinajstić information content (AvgIpc) is 2.43. The van der Waals surface area contributed by atoms with Crippen molar-refractivity contribution in [1.82, 2.24) is 0 Å². The van der Waals surface area contributed by atoms with Gasteiger partial charge in [0.25, 0.3) is 10.0 Å². The third-order valence-electron chi connectivity index (χ3n) is 2.72. The standard InChI is InChI=1S/C14H14BrFN2O2S/c1-2-17-11-4-6-12(7-5-11)21(19,20)18-14-8-3-10(16)9-13(14)15/h3-9,17-18H,2H2,1H3. The second-order valence-corrected chi connectivity index (χ2v) is 6.82. The van der Waals surface area contributed by atoms with Crippen LogP contribution >= 0.6 is 15.9 Å². The van der Waals surface area contributed by atoms with Crippen LogP contribution < -0.4 is 10.0 Å². The van der Waals surface area contributed by atoms with Crippen molar-refractivity contribution in [3.8, 4) is 0 Å². The number of anilines is 2. The first-order valence-electron chi connectivity index (χ1n) is 6.24. The van der Waals surface area contributed by atoms with E-state index in [2.05, 4.69) is 26.0 Å². The van der Waals surface area contributed by atoms with Gasteiger partial charge in [-0.05, 0) is 65.3 Å². The van der Waals surface area contributed by atoms with E-state index in [1.54, 1.807) is 12.1 Å². The molecular formula is C14H14BrFN2O2S. The molecule has 0 spiro atoms. The van der Waals surface area contributed by atoms with Gasteiger partial charge in [-0.3, -0.25) is 4.72 Å². The molecule has 0 atom stereocenters. The van der Waals surface area contributed by atoms with Crippen LogP contribution in [0.25, 0.3) is 0 Å². The third kappa shape index (κ3) is 3.95. The molecule has 0 aliphatic rings. The van der Waals surface area contributed by atoms with E-state index in [0.29, 0.717) is 4.47 Å². The van der Waals surface area contributed by atoms with Gasteiger partial charge in [0.15, 0.2) is 0 Å². The fourth-order valence-corrected chi connectivity index (χ4v) is 3.39. The second-order valence-electron chi connectivity index (χ2n) is 4.28. The zero-order chi connectivity index (χ0) is 15.5. The second kappa shape index (κ2) is 6.44. The van der Waals surface area contributed by atoms with Crippen molar-refractivity contribution in [2.75, 3.05) is 16.6 Å². The highest BCUT2D eigenvalue weighted by Gasteiger charge is 2.15. The van der Waals surface area contributed by atoms with Crippen molar-refractivity contribution >= 4 is 37.3 Å². The lowest BCUT2D eigenvalue weighted by Crippen LogP contribution is -2.13. The molecule has 0 saturated heterocycles. The minimum absolute atomic E-state index is 0.139. The summed E-state index contributed by atoms with van der Waals surface area (Å²) in [5.74, 6) is -0.445. The lowest BCUT2D eigenvalue weighted by Gasteiger charge is -2.10. The Bertz CT molecular complexity index is 733. The molecule has 0 aromatic heterocycles. The summed E-state index contributed by atoms with van der Waals surface area (Å²) in [6.45, 7) is 2.71. The van der Waals surface area contributed by atoms with Crippen LogP contribution in [0.3, 0.4) is 0 Å². The van der Waals surface area contributed by atoms with Crippen LogP contribution in [0.1, 0.15) is 6.92 Å². The largest absolute Gasteiger partial charge is 0.385 e. The zero-order valence-corrected chi connectivity index (χ0v) is 13.6. The van der Waals surface area contributed by atoms with Crippen LogP contribution in [0.5, 0.6) is 0 Å². The van der Waals surface area contributed by atoms with Crippen LogP contribution in [0.15, 0.2) is 51.8 Å². The molecule has 0 saturated carbocycles. The number of hydrogen-bond donors (Lipinski definition) is 2. The molecular weight excluding hydrogens is 359 g/mol. The molecule has 4 nitrogen and oxygen atoms in total. The minimum Gasteiger partial charge on any atom is -0.385 e. The van der Waals surface area contributed by atoms with Gasteiger partial charge in [-0.1, -0.05) is 0 Å². The predicted octanol–water partition coefficient (Wildman–Crippen LogP) is 3.82. The van der Waals surface area contributed by atoms with Crippen LogP contribution in [-0.2, 0) is 10.0 Å². The number of sulfonamides is 1. The van der Waals surface area contributed by atoms with E-state index >= 15 is 0 Å². The van der Waals surface area contributed by atoms with E-state index in [1.165, 1.54) is 30.3 Å². The normalized spacial score (nSPS) is 11.2. The van der Waals surface area contributed by atoms with Gasteiger partial charge in [0, 0.05) is 16.7 Å². The van der Waals surface area contributed by atoms with E-state index < -0.39 is 15.8 Å². The quantitative estimate of drug-likeness (QED) is 0.838. The van der Waals surface area contributed by atoms with E-state index in [4.69, 9.17) is 0 Å². The number of halogens is 2. The zero-order valence-electron chi connectivity index (χ0n) is 11.2.